The fraction of sp³-hybridized carbons (Fsp3) is 0.118. The second kappa shape index (κ2) is 7.33. The predicted molar refractivity (Wildman–Crippen MR) is 86.7 cm³/mol. The van der Waals surface area contributed by atoms with Crippen molar-refractivity contribution in [1.29, 1.82) is 0 Å². The topological polar surface area (TPSA) is 59.9 Å². The number of hydrogen-bond donors (Lipinski definition) is 1. The van der Waals surface area contributed by atoms with Crippen LogP contribution in [0.3, 0.4) is 0 Å². The molecule has 11 heteroatoms. The minimum Gasteiger partial charge on any atom is -0.406 e. The van der Waals surface area contributed by atoms with Crippen molar-refractivity contribution in [2.45, 2.75) is 12.5 Å². The van der Waals surface area contributed by atoms with Gasteiger partial charge in [0.25, 0.3) is 0 Å². The highest BCUT2D eigenvalue weighted by atomic mass is 19.4. The zero-order valence-electron chi connectivity index (χ0n) is 13.7. The van der Waals surface area contributed by atoms with Crippen LogP contribution in [0.25, 0.3) is 11.5 Å². The van der Waals surface area contributed by atoms with Crippen LogP contribution in [0.1, 0.15) is 5.69 Å². The largest absolute Gasteiger partial charge is 0.573 e. The summed E-state index contributed by atoms with van der Waals surface area (Å²) in [4.78, 5) is 11.4. The van der Waals surface area contributed by atoms with Crippen LogP contribution in [0.4, 0.5) is 37.8 Å². The Balaban J connectivity index is 1.91. The second-order valence-electron chi connectivity index (χ2n) is 5.37. The summed E-state index contributed by atoms with van der Waals surface area (Å²) in [6.45, 7) is 0. The molecule has 2 heterocycles. The van der Waals surface area contributed by atoms with Gasteiger partial charge < -0.3 is 10.1 Å². The lowest BCUT2D eigenvalue weighted by atomic mass is 10.2. The number of aromatic nitrogens is 3. The van der Waals surface area contributed by atoms with Gasteiger partial charge in [-0.1, -0.05) is 6.07 Å². The average Bonchev–Trinajstić information content (AvgIpc) is 2.62. The molecule has 0 spiro atoms. The lowest BCUT2D eigenvalue weighted by Crippen LogP contribution is -2.17. The lowest BCUT2D eigenvalue weighted by molar-refractivity contribution is -0.274. The number of ether oxygens (including phenoxy) is 1. The summed E-state index contributed by atoms with van der Waals surface area (Å²) in [7, 11) is 0. The molecular formula is C17H10F6N4O. The first-order chi connectivity index (χ1) is 13.1. The van der Waals surface area contributed by atoms with Gasteiger partial charge in [0.2, 0.25) is 0 Å². The zero-order valence-corrected chi connectivity index (χ0v) is 13.7. The smallest absolute Gasteiger partial charge is 0.406 e. The number of nitrogens with one attached hydrogen (secondary N) is 1. The minimum absolute atomic E-state index is 0.130. The maximum atomic E-state index is 13.2. The maximum Gasteiger partial charge on any atom is 0.573 e. The van der Waals surface area contributed by atoms with Crippen LogP contribution in [0, 0.1) is 0 Å². The van der Waals surface area contributed by atoms with Gasteiger partial charge in [0.1, 0.15) is 17.3 Å². The summed E-state index contributed by atoms with van der Waals surface area (Å²) >= 11 is 0. The highest BCUT2D eigenvalue weighted by molar-refractivity contribution is 5.60. The highest BCUT2D eigenvalue weighted by Crippen LogP contribution is 2.31. The van der Waals surface area contributed by atoms with E-state index in [4.69, 9.17) is 0 Å². The first-order valence-corrected chi connectivity index (χ1v) is 7.61. The Bertz CT molecular complexity index is 943. The van der Waals surface area contributed by atoms with Crippen molar-refractivity contribution < 1.29 is 31.1 Å². The normalized spacial score (nSPS) is 11.9. The Hall–Kier alpha value is -3.37. The lowest BCUT2D eigenvalue weighted by Gasteiger charge is -2.12. The van der Waals surface area contributed by atoms with E-state index >= 15 is 0 Å². The minimum atomic E-state index is -4.85. The van der Waals surface area contributed by atoms with E-state index in [1.165, 1.54) is 24.4 Å². The molecule has 0 unspecified atom stereocenters. The van der Waals surface area contributed by atoms with Gasteiger partial charge >= 0.3 is 12.5 Å². The molecule has 0 saturated carbocycles. The van der Waals surface area contributed by atoms with Gasteiger partial charge in [0.15, 0.2) is 11.5 Å². The molecule has 0 bridgehead atoms. The van der Waals surface area contributed by atoms with Crippen molar-refractivity contribution in [2.75, 3.05) is 5.32 Å². The molecule has 2 aromatic heterocycles. The number of anilines is 2. The van der Waals surface area contributed by atoms with Crippen molar-refractivity contribution in [1.82, 2.24) is 15.0 Å². The molecule has 1 N–H and O–H groups in total. The molecule has 0 aliphatic rings. The number of alkyl halides is 6. The van der Waals surface area contributed by atoms with Gasteiger partial charge in [-0.15, -0.1) is 13.2 Å². The van der Waals surface area contributed by atoms with Crippen LogP contribution in [-0.4, -0.2) is 21.3 Å². The van der Waals surface area contributed by atoms with E-state index in [2.05, 4.69) is 25.0 Å². The summed E-state index contributed by atoms with van der Waals surface area (Å²) in [5, 5.41) is 2.60. The third-order valence-corrected chi connectivity index (χ3v) is 3.27. The Labute approximate surface area is 154 Å². The SMILES string of the molecule is FC(F)(F)Oc1ccc(Nc2cc(C(F)(F)F)nc(-c3ccccn3)n2)cc1. The number of nitrogens with zero attached hydrogens (tertiary/aromatic N) is 3. The van der Waals surface area contributed by atoms with Gasteiger partial charge in [0, 0.05) is 18.0 Å². The van der Waals surface area contributed by atoms with E-state index in [0.29, 0.717) is 6.07 Å². The van der Waals surface area contributed by atoms with Crippen LogP contribution in [0.2, 0.25) is 0 Å². The van der Waals surface area contributed by atoms with Crippen molar-refractivity contribution in [3.63, 3.8) is 0 Å². The molecule has 0 aliphatic carbocycles. The number of hydrogen-bond acceptors (Lipinski definition) is 5. The Morgan fingerprint density at radius 2 is 1.57 bits per heavy atom. The van der Waals surface area contributed by atoms with Crippen molar-refractivity contribution in [2.24, 2.45) is 0 Å². The van der Waals surface area contributed by atoms with E-state index in [9.17, 15) is 26.3 Å². The fourth-order valence-electron chi connectivity index (χ4n) is 2.15. The summed E-state index contributed by atoms with van der Waals surface area (Å²) in [6, 6.07) is 9.73. The summed E-state index contributed by atoms with van der Waals surface area (Å²) in [5.41, 5.74) is -0.860. The van der Waals surface area contributed by atoms with Gasteiger partial charge in [-0.3, -0.25) is 4.98 Å². The molecule has 0 aliphatic heterocycles. The van der Waals surface area contributed by atoms with Crippen LogP contribution in [-0.2, 0) is 6.18 Å². The Morgan fingerprint density at radius 1 is 0.857 bits per heavy atom. The standard InChI is InChI=1S/C17H10F6N4O/c18-16(19,20)13-9-14(27-15(26-13)12-3-1-2-8-24-12)25-10-4-6-11(7-5-10)28-17(21,22)23/h1-9H,(H,25,26,27). The maximum absolute atomic E-state index is 13.2. The zero-order chi connectivity index (χ0) is 20.4. The summed E-state index contributed by atoms with van der Waals surface area (Å²) in [6.07, 6.45) is -8.19. The van der Waals surface area contributed by atoms with Gasteiger partial charge in [-0.2, -0.15) is 13.2 Å². The van der Waals surface area contributed by atoms with Crippen molar-refractivity contribution in [3.8, 4) is 17.3 Å². The van der Waals surface area contributed by atoms with Crippen LogP contribution >= 0.6 is 0 Å². The summed E-state index contributed by atoms with van der Waals surface area (Å²) < 4.78 is 79.7. The van der Waals surface area contributed by atoms with Crippen LogP contribution in [0.15, 0.2) is 54.7 Å². The number of benzene rings is 1. The predicted octanol–water partition coefficient (Wildman–Crippen LogP) is 5.20. The Kier molecular flexibility index (Phi) is 5.08. The number of rotatable bonds is 4. The first kappa shape index (κ1) is 19.4. The molecule has 146 valence electrons. The molecule has 0 saturated heterocycles. The average molecular weight is 400 g/mol. The number of pyridine rings is 1. The van der Waals surface area contributed by atoms with Gasteiger partial charge in [0.05, 0.1) is 0 Å². The molecular weight excluding hydrogens is 390 g/mol. The second-order valence-corrected chi connectivity index (χ2v) is 5.37. The fourth-order valence-corrected chi connectivity index (χ4v) is 2.15. The van der Waals surface area contributed by atoms with Gasteiger partial charge in [-0.25, -0.2) is 9.97 Å². The summed E-state index contributed by atoms with van der Waals surface area (Å²) in [5.74, 6) is -0.923. The highest BCUT2D eigenvalue weighted by Gasteiger charge is 2.34. The van der Waals surface area contributed by atoms with E-state index in [-0.39, 0.29) is 23.0 Å². The molecule has 0 amide bonds. The van der Waals surface area contributed by atoms with Crippen LogP contribution < -0.4 is 10.1 Å². The molecule has 0 radical (unpaired) electrons. The van der Waals surface area contributed by atoms with E-state index < -0.39 is 24.0 Å². The van der Waals surface area contributed by atoms with Gasteiger partial charge in [-0.05, 0) is 36.4 Å². The van der Waals surface area contributed by atoms with Crippen molar-refractivity contribution in [3.05, 3.63) is 60.4 Å². The molecule has 1 aromatic carbocycles. The molecule has 0 fully saturated rings. The molecule has 0 atom stereocenters. The number of halogens is 6. The third kappa shape index (κ3) is 5.09. The molecule has 3 aromatic rings. The monoisotopic (exact) mass is 400 g/mol. The third-order valence-electron chi connectivity index (χ3n) is 3.27. The van der Waals surface area contributed by atoms with E-state index in [0.717, 1.165) is 12.1 Å². The van der Waals surface area contributed by atoms with E-state index in [1.807, 2.05) is 0 Å². The molecule has 3 rings (SSSR count). The Morgan fingerprint density at radius 3 is 2.14 bits per heavy atom. The quantitative estimate of drug-likeness (QED) is 0.610. The van der Waals surface area contributed by atoms with Crippen molar-refractivity contribution >= 4 is 11.5 Å². The first-order valence-electron chi connectivity index (χ1n) is 7.61. The van der Waals surface area contributed by atoms with Crippen LogP contribution in [0.5, 0.6) is 5.75 Å². The molecule has 5 nitrogen and oxygen atoms in total. The molecule has 28 heavy (non-hydrogen) atoms. The van der Waals surface area contributed by atoms with E-state index in [1.54, 1.807) is 12.1 Å².